The van der Waals surface area contributed by atoms with Crippen LogP contribution in [0.2, 0.25) is 5.02 Å². The van der Waals surface area contributed by atoms with Crippen LogP contribution < -0.4 is 0 Å². The van der Waals surface area contributed by atoms with Crippen LogP contribution in [0.3, 0.4) is 0 Å². The molecule has 18 heavy (non-hydrogen) atoms. The summed E-state index contributed by atoms with van der Waals surface area (Å²) in [6, 6.07) is 4.31. The largest absolute Gasteiger partial charge is 0.465 e. The minimum atomic E-state index is -0.579. The van der Waals surface area contributed by atoms with Crippen molar-refractivity contribution >= 4 is 23.5 Å². The van der Waals surface area contributed by atoms with Crippen molar-refractivity contribution in [3.63, 3.8) is 0 Å². The summed E-state index contributed by atoms with van der Waals surface area (Å²) in [5.74, 6) is -1.03. The fraction of sp³-hybridized carbons (Fsp3) is 0.385. The van der Waals surface area contributed by atoms with Gasteiger partial charge < -0.3 is 9.47 Å². The monoisotopic (exact) mass is 270 g/mol. The third-order valence-corrected chi connectivity index (χ3v) is 2.32. The predicted molar refractivity (Wildman–Crippen MR) is 68.0 cm³/mol. The van der Waals surface area contributed by atoms with E-state index in [0.717, 1.165) is 0 Å². The summed E-state index contributed by atoms with van der Waals surface area (Å²) in [5, 5.41) is 0.158. The Bertz CT molecular complexity index is 474. The zero-order valence-electron chi connectivity index (χ0n) is 10.7. The van der Waals surface area contributed by atoms with Gasteiger partial charge in [0.1, 0.15) is 5.60 Å². The van der Waals surface area contributed by atoms with E-state index in [4.69, 9.17) is 16.3 Å². The summed E-state index contributed by atoms with van der Waals surface area (Å²) in [5.41, 5.74) is -0.0704. The van der Waals surface area contributed by atoms with Gasteiger partial charge in [-0.2, -0.15) is 0 Å². The standard InChI is InChI=1S/C13H15ClO4/c1-13(2,3)18-11(15)8-5-6-9(10(14)7-8)12(16)17-4/h5-7H,1-4H3. The van der Waals surface area contributed by atoms with Crippen molar-refractivity contribution in [2.75, 3.05) is 7.11 Å². The fourth-order valence-electron chi connectivity index (χ4n) is 1.25. The average Bonchev–Trinajstić information content (AvgIpc) is 2.25. The first-order valence-corrected chi connectivity index (χ1v) is 5.73. The molecule has 98 valence electrons. The van der Waals surface area contributed by atoms with E-state index in [-0.39, 0.29) is 10.6 Å². The molecule has 5 heteroatoms. The van der Waals surface area contributed by atoms with E-state index in [2.05, 4.69) is 4.74 Å². The Morgan fingerprint density at radius 1 is 1.17 bits per heavy atom. The van der Waals surface area contributed by atoms with Crippen LogP contribution in [-0.2, 0) is 9.47 Å². The first-order chi connectivity index (χ1) is 8.24. The highest BCUT2D eigenvalue weighted by Crippen LogP contribution is 2.20. The summed E-state index contributed by atoms with van der Waals surface area (Å²) in [6.07, 6.45) is 0. The van der Waals surface area contributed by atoms with Crippen LogP contribution in [0.15, 0.2) is 18.2 Å². The van der Waals surface area contributed by atoms with Gasteiger partial charge in [0, 0.05) is 0 Å². The Kier molecular flexibility index (Phi) is 4.35. The van der Waals surface area contributed by atoms with E-state index in [1.54, 1.807) is 20.8 Å². The highest BCUT2D eigenvalue weighted by Gasteiger charge is 2.19. The van der Waals surface area contributed by atoms with Gasteiger partial charge in [0.25, 0.3) is 0 Å². The summed E-state index contributed by atoms with van der Waals surface area (Å²) in [7, 11) is 1.26. The van der Waals surface area contributed by atoms with Crippen molar-refractivity contribution in [1.29, 1.82) is 0 Å². The van der Waals surface area contributed by atoms with Crippen LogP contribution in [0.4, 0.5) is 0 Å². The number of ether oxygens (including phenoxy) is 2. The van der Waals surface area contributed by atoms with Crippen molar-refractivity contribution < 1.29 is 19.1 Å². The molecule has 0 amide bonds. The van der Waals surface area contributed by atoms with Gasteiger partial charge in [0.2, 0.25) is 0 Å². The zero-order chi connectivity index (χ0) is 13.9. The van der Waals surface area contributed by atoms with Gasteiger partial charge in [-0.05, 0) is 39.0 Å². The lowest BCUT2D eigenvalue weighted by Gasteiger charge is -2.19. The Balaban J connectivity index is 2.98. The van der Waals surface area contributed by atoms with Gasteiger partial charge in [0.05, 0.1) is 23.3 Å². The molecule has 0 heterocycles. The molecule has 1 aromatic rings. The number of methoxy groups -OCH3 is 1. The maximum Gasteiger partial charge on any atom is 0.339 e. The second-order valence-corrected chi connectivity index (χ2v) is 5.10. The van der Waals surface area contributed by atoms with Crippen LogP contribution in [0.5, 0.6) is 0 Å². The van der Waals surface area contributed by atoms with E-state index in [1.807, 2.05) is 0 Å². The van der Waals surface area contributed by atoms with Crippen LogP contribution in [0.25, 0.3) is 0 Å². The van der Waals surface area contributed by atoms with E-state index < -0.39 is 17.5 Å². The van der Waals surface area contributed by atoms with Crippen LogP contribution >= 0.6 is 11.6 Å². The number of hydrogen-bond donors (Lipinski definition) is 0. The third-order valence-electron chi connectivity index (χ3n) is 2.01. The smallest absolute Gasteiger partial charge is 0.339 e. The summed E-state index contributed by atoms with van der Waals surface area (Å²) in [4.78, 5) is 23.1. The van der Waals surface area contributed by atoms with E-state index >= 15 is 0 Å². The lowest BCUT2D eigenvalue weighted by molar-refractivity contribution is 0.00691. The molecule has 0 saturated carbocycles. The molecule has 0 N–H and O–H groups in total. The van der Waals surface area contributed by atoms with Gasteiger partial charge in [0.15, 0.2) is 0 Å². The molecule has 4 nitrogen and oxygen atoms in total. The second-order valence-electron chi connectivity index (χ2n) is 4.69. The first-order valence-electron chi connectivity index (χ1n) is 5.36. The van der Waals surface area contributed by atoms with Crippen LogP contribution in [0, 0.1) is 0 Å². The Hall–Kier alpha value is -1.55. The second kappa shape index (κ2) is 5.40. The number of esters is 2. The molecule has 0 atom stereocenters. The minimum absolute atomic E-state index is 0.158. The molecule has 0 aliphatic heterocycles. The van der Waals surface area contributed by atoms with E-state index in [1.165, 1.54) is 25.3 Å². The van der Waals surface area contributed by atoms with Crippen molar-refractivity contribution in [1.82, 2.24) is 0 Å². The highest BCUT2D eigenvalue weighted by atomic mass is 35.5. The molecule has 0 spiro atoms. The first kappa shape index (κ1) is 14.5. The fourth-order valence-corrected chi connectivity index (χ4v) is 1.51. The molecule has 0 aromatic heterocycles. The van der Waals surface area contributed by atoms with Crippen molar-refractivity contribution in [2.24, 2.45) is 0 Å². The Morgan fingerprint density at radius 3 is 2.22 bits per heavy atom. The van der Waals surface area contributed by atoms with Gasteiger partial charge >= 0.3 is 11.9 Å². The Labute approximate surface area is 111 Å². The number of halogens is 1. The normalized spacial score (nSPS) is 10.9. The van der Waals surface area contributed by atoms with E-state index in [0.29, 0.717) is 5.56 Å². The summed E-state index contributed by atoms with van der Waals surface area (Å²) < 4.78 is 9.75. The quantitative estimate of drug-likeness (QED) is 0.775. The van der Waals surface area contributed by atoms with Crippen LogP contribution in [0.1, 0.15) is 41.5 Å². The van der Waals surface area contributed by atoms with Crippen LogP contribution in [-0.4, -0.2) is 24.6 Å². The molecule has 0 aliphatic rings. The number of carbonyl (C=O) groups is 2. The van der Waals surface area contributed by atoms with Crippen molar-refractivity contribution in [3.05, 3.63) is 34.3 Å². The molecule has 0 saturated heterocycles. The molecule has 1 rings (SSSR count). The number of benzene rings is 1. The molecule has 0 fully saturated rings. The van der Waals surface area contributed by atoms with Gasteiger partial charge in [-0.25, -0.2) is 9.59 Å². The lowest BCUT2D eigenvalue weighted by Crippen LogP contribution is -2.24. The molecular formula is C13H15ClO4. The van der Waals surface area contributed by atoms with Gasteiger partial charge in [-0.1, -0.05) is 11.6 Å². The molecule has 0 aliphatic carbocycles. The topological polar surface area (TPSA) is 52.6 Å². The summed E-state index contributed by atoms with van der Waals surface area (Å²) >= 11 is 5.91. The average molecular weight is 271 g/mol. The molecule has 0 radical (unpaired) electrons. The number of rotatable bonds is 2. The van der Waals surface area contributed by atoms with Crippen molar-refractivity contribution in [2.45, 2.75) is 26.4 Å². The predicted octanol–water partition coefficient (Wildman–Crippen LogP) is 3.08. The molecule has 0 bridgehead atoms. The summed E-state index contributed by atoms with van der Waals surface area (Å²) in [6.45, 7) is 5.32. The van der Waals surface area contributed by atoms with Crippen molar-refractivity contribution in [3.8, 4) is 0 Å². The SMILES string of the molecule is COC(=O)c1ccc(C(=O)OC(C)(C)C)cc1Cl. The van der Waals surface area contributed by atoms with Gasteiger partial charge in [-0.3, -0.25) is 0 Å². The zero-order valence-corrected chi connectivity index (χ0v) is 11.5. The third kappa shape index (κ3) is 3.74. The van der Waals surface area contributed by atoms with Gasteiger partial charge in [-0.15, -0.1) is 0 Å². The minimum Gasteiger partial charge on any atom is -0.465 e. The lowest BCUT2D eigenvalue weighted by atomic mass is 10.1. The maximum atomic E-state index is 11.8. The van der Waals surface area contributed by atoms with E-state index in [9.17, 15) is 9.59 Å². The molecule has 1 aromatic carbocycles. The molecule has 0 unspecified atom stereocenters. The number of carbonyl (C=O) groups excluding carboxylic acids is 2. The highest BCUT2D eigenvalue weighted by molar-refractivity contribution is 6.33. The Morgan fingerprint density at radius 2 is 1.78 bits per heavy atom. The maximum absolute atomic E-state index is 11.8. The molecular weight excluding hydrogens is 256 g/mol. The number of hydrogen-bond acceptors (Lipinski definition) is 4.